The molecule has 0 bridgehead atoms. The van der Waals surface area contributed by atoms with Gasteiger partial charge in [0.25, 0.3) is 0 Å². The topological polar surface area (TPSA) is 92.4 Å². The molecule has 1 fully saturated rings. The number of aliphatic carboxylic acids is 1. The van der Waals surface area contributed by atoms with E-state index in [9.17, 15) is 9.59 Å². The number of carboxylic acid groups (broad SMARTS) is 1. The first-order chi connectivity index (χ1) is 8.15. The minimum absolute atomic E-state index is 0.0781. The maximum atomic E-state index is 12.2. The Morgan fingerprint density at radius 2 is 1.83 bits per heavy atom. The fourth-order valence-electron chi connectivity index (χ4n) is 2.28. The van der Waals surface area contributed by atoms with Crippen molar-refractivity contribution in [1.82, 2.24) is 5.32 Å². The van der Waals surface area contributed by atoms with E-state index in [1.54, 1.807) is 0 Å². The van der Waals surface area contributed by atoms with Gasteiger partial charge in [0.1, 0.15) is 0 Å². The minimum atomic E-state index is -0.910. The van der Waals surface area contributed by atoms with Gasteiger partial charge >= 0.3 is 5.97 Å². The van der Waals surface area contributed by atoms with Crippen molar-refractivity contribution in [2.45, 2.75) is 64.5 Å². The summed E-state index contributed by atoms with van der Waals surface area (Å²) in [5.74, 6) is -1.12. The maximum Gasteiger partial charge on any atom is 0.305 e. The monoisotopic (exact) mass is 256 g/mol. The van der Waals surface area contributed by atoms with Crippen LogP contribution in [0.5, 0.6) is 0 Å². The summed E-state index contributed by atoms with van der Waals surface area (Å²) in [5, 5.41) is 11.7. The van der Waals surface area contributed by atoms with Crippen LogP contribution in [-0.4, -0.2) is 28.6 Å². The molecule has 18 heavy (non-hydrogen) atoms. The highest BCUT2D eigenvalue weighted by atomic mass is 16.4. The zero-order valence-corrected chi connectivity index (χ0v) is 11.5. The molecule has 1 saturated carbocycles. The first-order valence-electron chi connectivity index (χ1n) is 6.47. The van der Waals surface area contributed by atoms with Crippen LogP contribution >= 0.6 is 0 Å². The van der Waals surface area contributed by atoms with Gasteiger partial charge in [0.05, 0.1) is 12.0 Å². The molecule has 4 N–H and O–H groups in total. The van der Waals surface area contributed by atoms with Crippen LogP contribution in [0.1, 0.15) is 52.9 Å². The molecule has 0 aromatic rings. The van der Waals surface area contributed by atoms with E-state index in [2.05, 4.69) is 5.32 Å². The van der Waals surface area contributed by atoms with Gasteiger partial charge in [0.15, 0.2) is 0 Å². The molecule has 0 aromatic carbocycles. The Balaban J connectivity index is 2.71. The normalized spacial score (nSPS) is 20.4. The Morgan fingerprint density at radius 1 is 1.33 bits per heavy atom. The van der Waals surface area contributed by atoms with Crippen LogP contribution in [0, 0.1) is 5.41 Å². The molecule has 0 radical (unpaired) electrons. The first-order valence-corrected chi connectivity index (χ1v) is 6.47. The fourth-order valence-corrected chi connectivity index (χ4v) is 2.28. The van der Waals surface area contributed by atoms with Gasteiger partial charge in [0.2, 0.25) is 5.91 Å². The molecule has 0 spiro atoms. The standard InChI is InChI=1S/C13H24N2O3/c1-12(2,3)9(8-10(16)17)15-11(18)13(14)6-4-5-7-13/h9H,4-8,14H2,1-3H3,(H,15,18)(H,16,17). The number of amides is 1. The van der Waals surface area contributed by atoms with Crippen molar-refractivity contribution in [2.75, 3.05) is 0 Å². The van der Waals surface area contributed by atoms with Gasteiger partial charge in [0, 0.05) is 6.04 Å². The summed E-state index contributed by atoms with van der Waals surface area (Å²) in [7, 11) is 0. The quantitative estimate of drug-likeness (QED) is 0.706. The van der Waals surface area contributed by atoms with Crippen molar-refractivity contribution in [1.29, 1.82) is 0 Å². The van der Waals surface area contributed by atoms with Crippen molar-refractivity contribution in [2.24, 2.45) is 11.1 Å². The van der Waals surface area contributed by atoms with Crippen molar-refractivity contribution in [3.05, 3.63) is 0 Å². The van der Waals surface area contributed by atoms with Crippen LogP contribution in [0.2, 0.25) is 0 Å². The first kappa shape index (κ1) is 15.0. The molecule has 1 aliphatic rings. The summed E-state index contributed by atoms with van der Waals surface area (Å²) in [4.78, 5) is 23.0. The van der Waals surface area contributed by atoms with Gasteiger partial charge in [-0.25, -0.2) is 0 Å². The lowest BCUT2D eigenvalue weighted by atomic mass is 9.84. The third-order valence-electron chi connectivity index (χ3n) is 3.68. The highest BCUT2D eigenvalue weighted by Crippen LogP contribution is 2.29. The van der Waals surface area contributed by atoms with Crippen LogP contribution in [0.4, 0.5) is 0 Å². The Bertz CT molecular complexity index is 328. The number of hydrogen-bond acceptors (Lipinski definition) is 3. The number of carboxylic acids is 1. The van der Waals surface area contributed by atoms with E-state index >= 15 is 0 Å². The predicted octanol–water partition coefficient (Wildman–Crippen LogP) is 1.26. The van der Waals surface area contributed by atoms with Crippen LogP contribution in [0.3, 0.4) is 0 Å². The third kappa shape index (κ3) is 3.70. The van der Waals surface area contributed by atoms with E-state index in [0.29, 0.717) is 12.8 Å². The van der Waals surface area contributed by atoms with Crippen molar-refractivity contribution >= 4 is 11.9 Å². The van der Waals surface area contributed by atoms with Crippen LogP contribution < -0.4 is 11.1 Å². The molecule has 0 aliphatic heterocycles. The average molecular weight is 256 g/mol. The summed E-state index contributed by atoms with van der Waals surface area (Å²) in [6.07, 6.45) is 3.21. The lowest BCUT2D eigenvalue weighted by molar-refractivity contribution is -0.138. The van der Waals surface area contributed by atoms with Crippen LogP contribution in [0.25, 0.3) is 0 Å². The summed E-state index contributed by atoms with van der Waals surface area (Å²) >= 11 is 0. The Hall–Kier alpha value is -1.10. The molecule has 1 amide bonds. The third-order valence-corrected chi connectivity index (χ3v) is 3.68. The summed E-state index contributed by atoms with van der Waals surface area (Å²) in [6.45, 7) is 5.75. The average Bonchev–Trinajstić information content (AvgIpc) is 2.63. The second-order valence-electron chi connectivity index (χ2n) is 6.35. The number of nitrogens with one attached hydrogen (secondary N) is 1. The van der Waals surface area contributed by atoms with E-state index in [1.165, 1.54) is 0 Å². The highest BCUT2D eigenvalue weighted by molar-refractivity contribution is 5.87. The molecule has 0 heterocycles. The summed E-state index contributed by atoms with van der Waals surface area (Å²) in [6, 6.07) is -0.400. The number of hydrogen-bond donors (Lipinski definition) is 3. The molecular formula is C13H24N2O3. The molecule has 104 valence electrons. The molecule has 0 saturated heterocycles. The number of rotatable bonds is 4. The van der Waals surface area contributed by atoms with Crippen molar-refractivity contribution in [3.8, 4) is 0 Å². The van der Waals surface area contributed by atoms with Crippen LogP contribution in [-0.2, 0) is 9.59 Å². The SMILES string of the molecule is CC(C)(C)C(CC(=O)O)NC(=O)C1(N)CCCC1. The zero-order chi connectivity index (χ0) is 14.0. The Labute approximate surface area is 108 Å². The number of carbonyl (C=O) groups excluding carboxylic acids is 1. The van der Waals surface area contributed by atoms with Gasteiger partial charge < -0.3 is 16.2 Å². The van der Waals surface area contributed by atoms with E-state index in [1.807, 2.05) is 20.8 Å². The van der Waals surface area contributed by atoms with Gasteiger partial charge in [-0.1, -0.05) is 33.6 Å². The zero-order valence-electron chi connectivity index (χ0n) is 11.5. The Morgan fingerprint density at radius 3 is 2.22 bits per heavy atom. The van der Waals surface area contributed by atoms with E-state index in [0.717, 1.165) is 12.8 Å². The highest BCUT2D eigenvalue weighted by Gasteiger charge is 2.39. The smallest absolute Gasteiger partial charge is 0.305 e. The van der Waals surface area contributed by atoms with Gasteiger partial charge in [-0.2, -0.15) is 0 Å². The lowest BCUT2D eigenvalue weighted by Gasteiger charge is -2.33. The fraction of sp³-hybridized carbons (Fsp3) is 0.846. The molecule has 1 aliphatic carbocycles. The van der Waals surface area contributed by atoms with E-state index in [4.69, 9.17) is 10.8 Å². The van der Waals surface area contributed by atoms with Gasteiger partial charge in [-0.15, -0.1) is 0 Å². The largest absolute Gasteiger partial charge is 0.481 e. The second-order valence-corrected chi connectivity index (χ2v) is 6.35. The van der Waals surface area contributed by atoms with Gasteiger partial charge in [-0.05, 0) is 18.3 Å². The van der Waals surface area contributed by atoms with E-state index < -0.39 is 17.6 Å². The maximum absolute atomic E-state index is 12.2. The van der Waals surface area contributed by atoms with Crippen molar-refractivity contribution in [3.63, 3.8) is 0 Å². The minimum Gasteiger partial charge on any atom is -0.481 e. The Kier molecular flexibility index (Phi) is 4.37. The molecule has 0 aromatic heterocycles. The second kappa shape index (κ2) is 5.26. The van der Waals surface area contributed by atoms with Crippen molar-refractivity contribution < 1.29 is 14.7 Å². The molecule has 5 nitrogen and oxygen atoms in total. The van der Waals surface area contributed by atoms with Crippen LogP contribution in [0.15, 0.2) is 0 Å². The molecule has 1 rings (SSSR count). The number of nitrogens with two attached hydrogens (primary N) is 1. The molecule has 1 unspecified atom stereocenters. The lowest BCUT2D eigenvalue weighted by Crippen LogP contribution is -2.57. The molecule has 1 atom stereocenters. The van der Waals surface area contributed by atoms with E-state index in [-0.39, 0.29) is 17.7 Å². The number of carbonyl (C=O) groups is 2. The predicted molar refractivity (Wildman–Crippen MR) is 69.0 cm³/mol. The summed E-state index contributed by atoms with van der Waals surface area (Å²) < 4.78 is 0. The molecule has 5 heteroatoms. The van der Waals surface area contributed by atoms with Gasteiger partial charge in [-0.3, -0.25) is 9.59 Å². The summed E-state index contributed by atoms with van der Waals surface area (Å²) in [5.41, 5.74) is 4.96. The molecular weight excluding hydrogens is 232 g/mol.